The van der Waals surface area contributed by atoms with E-state index in [9.17, 15) is 0 Å². The van der Waals surface area contributed by atoms with Gasteiger partial charge >= 0.3 is 0 Å². The number of nitrogens with one attached hydrogen (secondary N) is 1. The molecule has 2 heteroatoms. The molecule has 2 aromatic rings. The molecule has 0 saturated carbocycles. The van der Waals surface area contributed by atoms with E-state index in [1.165, 1.54) is 5.56 Å². The highest BCUT2D eigenvalue weighted by molar-refractivity contribution is 6.35. The van der Waals surface area contributed by atoms with Crippen LogP contribution in [-0.4, -0.2) is 4.98 Å². The Labute approximate surface area is 96.5 Å². The van der Waals surface area contributed by atoms with Gasteiger partial charge in [0.1, 0.15) is 0 Å². The minimum absolute atomic E-state index is 0.551. The molecule has 1 aromatic heterocycles. The zero-order valence-corrected chi connectivity index (χ0v) is 10.5. The first-order valence-corrected chi connectivity index (χ1v) is 5.83. The molecule has 1 heterocycles. The van der Waals surface area contributed by atoms with Gasteiger partial charge < -0.3 is 4.98 Å². The van der Waals surface area contributed by atoms with Crippen molar-refractivity contribution >= 4 is 22.5 Å². The van der Waals surface area contributed by atoms with Crippen molar-refractivity contribution in [2.24, 2.45) is 0 Å². The Hall–Kier alpha value is -0.950. The van der Waals surface area contributed by atoms with Crippen LogP contribution in [-0.2, 0) is 0 Å². The van der Waals surface area contributed by atoms with Gasteiger partial charge in [-0.05, 0) is 23.6 Å². The number of hydrogen-bond acceptors (Lipinski definition) is 0. The van der Waals surface area contributed by atoms with Gasteiger partial charge in [-0.2, -0.15) is 0 Å². The normalized spacial score (nSPS) is 10.3. The Kier molecular flexibility index (Phi) is 4.22. The summed E-state index contributed by atoms with van der Waals surface area (Å²) in [6.07, 6.45) is 1.83. The monoisotopic (exact) mass is 223 g/mol. The summed E-state index contributed by atoms with van der Waals surface area (Å²) in [4.78, 5) is 3.12. The average molecular weight is 224 g/mol. The summed E-state index contributed by atoms with van der Waals surface area (Å²) in [5.41, 5.74) is 2.43. The van der Waals surface area contributed by atoms with E-state index >= 15 is 0 Å². The summed E-state index contributed by atoms with van der Waals surface area (Å²) in [7, 11) is 0. The molecule has 1 nitrogen and oxygen atoms in total. The lowest BCUT2D eigenvalue weighted by Gasteiger charge is -2.04. The summed E-state index contributed by atoms with van der Waals surface area (Å²) in [6.45, 7) is 8.36. The van der Waals surface area contributed by atoms with Crippen LogP contribution in [0.15, 0.2) is 24.4 Å². The number of rotatable bonds is 1. The van der Waals surface area contributed by atoms with Crippen molar-refractivity contribution in [2.45, 2.75) is 33.6 Å². The molecular formula is C13H18ClN. The van der Waals surface area contributed by atoms with Gasteiger partial charge in [-0.25, -0.2) is 0 Å². The molecule has 0 atom stereocenters. The smallest absolute Gasteiger partial charge is 0.0659 e. The maximum absolute atomic E-state index is 6.02. The van der Waals surface area contributed by atoms with E-state index in [2.05, 4.69) is 37.0 Å². The van der Waals surface area contributed by atoms with Gasteiger partial charge in [0.2, 0.25) is 0 Å². The molecule has 0 bridgehead atoms. The van der Waals surface area contributed by atoms with Crippen molar-refractivity contribution in [2.75, 3.05) is 0 Å². The van der Waals surface area contributed by atoms with Gasteiger partial charge in [0, 0.05) is 17.1 Å². The Bertz CT molecular complexity index is 429. The number of aromatic nitrogens is 1. The lowest BCUT2D eigenvalue weighted by molar-refractivity contribution is 0.869. The quantitative estimate of drug-likeness (QED) is 0.703. The number of benzene rings is 1. The fourth-order valence-corrected chi connectivity index (χ4v) is 1.67. The SMILES string of the molecule is CC.CC(C)c1ccc2[nH]cc(Cl)c2c1. The molecule has 0 aliphatic rings. The van der Waals surface area contributed by atoms with E-state index in [4.69, 9.17) is 11.6 Å². The van der Waals surface area contributed by atoms with Crippen molar-refractivity contribution in [1.82, 2.24) is 4.98 Å². The van der Waals surface area contributed by atoms with Gasteiger partial charge in [0.05, 0.1) is 5.02 Å². The first kappa shape index (κ1) is 12.1. The topological polar surface area (TPSA) is 15.8 Å². The first-order chi connectivity index (χ1) is 7.18. The largest absolute Gasteiger partial charge is 0.360 e. The zero-order chi connectivity index (χ0) is 11.4. The van der Waals surface area contributed by atoms with Crippen LogP contribution in [0.2, 0.25) is 5.02 Å². The van der Waals surface area contributed by atoms with E-state index in [-0.39, 0.29) is 0 Å². The fourth-order valence-electron chi connectivity index (χ4n) is 1.46. The molecule has 82 valence electrons. The molecule has 0 amide bonds. The number of halogens is 1. The lowest BCUT2D eigenvalue weighted by atomic mass is 10.0. The van der Waals surface area contributed by atoms with Crippen LogP contribution >= 0.6 is 11.6 Å². The predicted molar refractivity (Wildman–Crippen MR) is 68.7 cm³/mol. The Morgan fingerprint density at radius 3 is 2.47 bits per heavy atom. The second-order valence-corrected chi connectivity index (χ2v) is 4.00. The van der Waals surface area contributed by atoms with E-state index in [0.717, 1.165) is 15.9 Å². The number of H-pyrrole nitrogens is 1. The number of hydrogen-bond donors (Lipinski definition) is 1. The molecule has 1 N–H and O–H groups in total. The highest BCUT2D eigenvalue weighted by atomic mass is 35.5. The van der Waals surface area contributed by atoms with Crippen molar-refractivity contribution in [3.63, 3.8) is 0 Å². The molecule has 0 spiro atoms. The molecule has 0 fully saturated rings. The van der Waals surface area contributed by atoms with Crippen LogP contribution in [0.3, 0.4) is 0 Å². The maximum Gasteiger partial charge on any atom is 0.0659 e. The van der Waals surface area contributed by atoms with Gasteiger partial charge in [-0.15, -0.1) is 0 Å². The molecule has 2 rings (SSSR count). The van der Waals surface area contributed by atoms with Crippen LogP contribution in [0.25, 0.3) is 10.9 Å². The fraction of sp³-hybridized carbons (Fsp3) is 0.385. The lowest BCUT2D eigenvalue weighted by Crippen LogP contribution is -1.85. The van der Waals surface area contributed by atoms with Gasteiger partial charge in [-0.3, -0.25) is 0 Å². The molecule has 1 aromatic carbocycles. The average Bonchev–Trinajstić information content (AvgIpc) is 2.63. The molecule has 0 aliphatic heterocycles. The van der Waals surface area contributed by atoms with E-state index in [0.29, 0.717) is 5.92 Å². The maximum atomic E-state index is 6.02. The second-order valence-electron chi connectivity index (χ2n) is 3.60. The summed E-state index contributed by atoms with van der Waals surface area (Å²) < 4.78 is 0. The Balaban J connectivity index is 0.000000531. The second kappa shape index (κ2) is 5.22. The molecule has 0 radical (unpaired) electrons. The van der Waals surface area contributed by atoms with Crippen molar-refractivity contribution in [3.8, 4) is 0 Å². The minimum atomic E-state index is 0.551. The van der Waals surface area contributed by atoms with Gasteiger partial charge in [-0.1, -0.05) is 45.4 Å². The molecule has 0 saturated heterocycles. The van der Waals surface area contributed by atoms with Crippen LogP contribution in [0.5, 0.6) is 0 Å². The van der Waals surface area contributed by atoms with E-state index in [1.807, 2.05) is 20.0 Å². The van der Waals surface area contributed by atoms with E-state index in [1.54, 1.807) is 0 Å². The Morgan fingerprint density at radius 1 is 1.20 bits per heavy atom. The van der Waals surface area contributed by atoms with Crippen molar-refractivity contribution < 1.29 is 0 Å². The third kappa shape index (κ3) is 2.54. The van der Waals surface area contributed by atoms with Crippen LogP contribution < -0.4 is 0 Å². The van der Waals surface area contributed by atoms with Crippen molar-refractivity contribution in [1.29, 1.82) is 0 Å². The predicted octanol–water partition coefficient (Wildman–Crippen LogP) is 4.97. The molecule has 0 aliphatic carbocycles. The third-order valence-corrected chi connectivity index (χ3v) is 2.63. The minimum Gasteiger partial charge on any atom is -0.360 e. The Morgan fingerprint density at radius 2 is 1.87 bits per heavy atom. The summed E-state index contributed by atoms with van der Waals surface area (Å²) in [5, 5.41) is 1.92. The molecule has 0 unspecified atom stereocenters. The summed E-state index contributed by atoms with van der Waals surface area (Å²) in [6, 6.07) is 6.37. The summed E-state index contributed by atoms with van der Waals surface area (Å²) >= 11 is 6.02. The first-order valence-electron chi connectivity index (χ1n) is 5.45. The van der Waals surface area contributed by atoms with Crippen LogP contribution in [0.4, 0.5) is 0 Å². The van der Waals surface area contributed by atoms with Gasteiger partial charge in [0.15, 0.2) is 0 Å². The van der Waals surface area contributed by atoms with Crippen LogP contribution in [0, 0.1) is 0 Å². The molecular weight excluding hydrogens is 206 g/mol. The summed E-state index contributed by atoms with van der Waals surface area (Å²) in [5.74, 6) is 0.551. The third-order valence-electron chi connectivity index (χ3n) is 2.32. The van der Waals surface area contributed by atoms with E-state index < -0.39 is 0 Å². The zero-order valence-electron chi connectivity index (χ0n) is 9.76. The van der Waals surface area contributed by atoms with Crippen molar-refractivity contribution in [3.05, 3.63) is 35.0 Å². The number of aromatic amines is 1. The highest BCUT2D eigenvalue weighted by Crippen LogP contribution is 2.26. The standard InChI is InChI=1S/C11H12ClN.C2H6/c1-7(2)8-3-4-11-9(5-8)10(12)6-13-11;1-2/h3-7,13H,1-2H3;1-2H3. The molecule has 15 heavy (non-hydrogen) atoms. The highest BCUT2D eigenvalue weighted by Gasteiger charge is 2.04. The van der Waals surface area contributed by atoms with Crippen LogP contribution in [0.1, 0.15) is 39.2 Å². The van der Waals surface area contributed by atoms with Gasteiger partial charge in [0.25, 0.3) is 0 Å². The number of fused-ring (bicyclic) bond motifs is 1.